The first kappa shape index (κ1) is 11.9. The summed E-state index contributed by atoms with van der Waals surface area (Å²) in [5.41, 5.74) is 0.404. The van der Waals surface area contributed by atoms with E-state index in [2.05, 4.69) is 17.1 Å². The van der Waals surface area contributed by atoms with Crippen LogP contribution in [0, 0.1) is 5.41 Å². The monoisotopic (exact) mass is 238 g/mol. The number of ether oxygens (including phenoxy) is 1. The van der Waals surface area contributed by atoms with Gasteiger partial charge in [-0.1, -0.05) is 0 Å². The summed E-state index contributed by atoms with van der Waals surface area (Å²) >= 11 is 0. The van der Waals surface area contributed by atoms with E-state index in [4.69, 9.17) is 4.74 Å². The van der Waals surface area contributed by atoms with Crippen LogP contribution in [0.25, 0.3) is 0 Å². The molecular weight excluding hydrogens is 212 g/mol. The van der Waals surface area contributed by atoms with Gasteiger partial charge in [0.25, 0.3) is 0 Å². The van der Waals surface area contributed by atoms with Gasteiger partial charge in [-0.2, -0.15) is 0 Å². The molecule has 0 aromatic heterocycles. The molecule has 1 N–H and O–H groups in total. The summed E-state index contributed by atoms with van der Waals surface area (Å²) in [7, 11) is 0. The zero-order chi connectivity index (χ0) is 11.7. The Morgan fingerprint density at radius 3 is 2.82 bits per heavy atom. The van der Waals surface area contributed by atoms with E-state index in [9.17, 15) is 0 Å². The van der Waals surface area contributed by atoms with E-state index in [1.807, 2.05) is 0 Å². The Bertz CT molecular complexity index is 259. The second-order valence-corrected chi connectivity index (χ2v) is 6.42. The molecule has 2 saturated heterocycles. The zero-order valence-corrected chi connectivity index (χ0v) is 11.1. The minimum Gasteiger partial charge on any atom is -0.381 e. The fourth-order valence-corrected chi connectivity index (χ4v) is 3.28. The Balaban J connectivity index is 1.57. The zero-order valence-electron chi connectivity index (χ0n) is 11.1. The molecule has 2 heterocycles. The first-order valence-electron chi connectivity index (χ1n) is 7.33. The van der Waals surface area contributed by atoms with Gasteiger partial charge in [0.1, 0.15) is 0 Å². The van der Waals surface area contributed by atoms with Crippen LogP contribution in [0.15, 0.2) is 0 Å². The quantitative estimate of drug-likeness (QED) is 0.788. The molecule has 98 valence electrons. The summed E-state index contributed by atoms with van der Waals surface area (Å²) in [6.45, 7) is 8.02. The van der Waals surface area contributed by atoms with Crippen molar-refractivity contribution in [1.29, 1.82) is 0 Å². The number of likely N-dealkylation sites (tertiary alicyclic amines) is 1. The van der Waals surface area contributed by atoms with E-state index in [-0.39, 0.29) is 0 Å². The third-order valence-corrected chi connectivity index (χ3v) is 4.76. The SMILES string of the molecule is CC1CCCN1CC1(CNC2CC2)CCOC1. The van der Waals surface area contributed by atoms with Gasteiger partial charge in [0.15, 0.2) is 0 Å². The maximum atomic E-state index is 5.69. The summed E-state index contributed by atoms with van der Waals surface area (Å²) in [5, 5.41) is 3.72. The molecule has 0 aromatic rings. The molecular formula is C14H26N2O. The molecule has 2 atom stereocenters. The maximum absolute atomic E-state index is 5.69. The second kappa shape index (κ2) is 4.87. The van der Waals surface area contributed by atoms with Gasteiger partial charge < -0.3 is 10.1 Å². The van der Waals surface area contributed by atoms with Gasteiger partial charge in [0.2, 0.25) is 0 Å². The Morgan fingerprint density at radius 2 is 2.24 bits per heavy atom. The Kier molecular flexibility index (Phi) is 3.42. The average Bonchev–Trinajstić information content (AvgIpc) is 2.92. The summed E-state index contributed by atoms with van der Waals surface area (Å²) in [4.78, 5) is 2.68. The van der Waals surface area contributed by atoms with Crippen LogP contribution < -0.4 is 5.32 Å². The van der Waals surface area contributed by atoms with Crippen LogP contribution in [0.1, 0.15) is 39.0 Å². The highest BCUT2D eigenvalue weighted by atomic mass is 16.5. The van der Waals surface area contributed by atoms with Crippen LogP contribution in [0.3, 0.4) is 0 Å². The van der Waals surface area contributed by atoms with Gasteiger partial charge in [0.05, 0.1) is 6.61 Å². The lowest BCUT2D eigenvalue weighted by molar-refractivity contribution is 0.105. The van der Waals surface area contributed by atoms with E-state index in [0.717, 1.165) is 25.3 Å². The Hall–Kier alpha value is -0.120. The third kappa shape index (κ3) is 2.83. The largest absolute Gasteiger partial charge is 0.381 e. The van der Waals surface area contributed by atoms with Crippen molar-refractivity contribution in [3.8, 4) is 0 Å². The molecule has 3 rings (SSSR count). The van der Waals surface area contributed by atoms with Crippen molar-refractivity contribution < 1.29 is 4.74 Å². The molecule has 3 nitrogen and oxygen atoms in total. The smallest absolute Gasteiger partial charge is 0.0547 e. The molecule has 17 heavy (non-hydrogen) atoms. The lowest BCUT2D eigenvalue weighted by Gasteiger charge is -2.34. The van der Waals surface area contributed by atoms with Crippen LogP contribution in [0.4, 0.5) is 0 Å². The highest BCUT2D eigenvalue weighted by molar-refractivity contribution is 4.93. The molecule has 3 aliphatic rings. The highest BCUT2D eigenvalue weighted by Gasteiger charge is 2.39. The Morgan fingerprint density at radius 1 is 1.35 bits per heavy atom. The van der Waals surface area contributed by atoms with E-state index in [0.29, 0.717) is 5.41 Å². The van der Waals surface area contributed by atoms with E-state index in [1.54, 1.807) is 0 Å². The van der Waals surface area contributed by atoms with Crippen molar-refractivity contribution in [2.24, 2.45) is 5.41 Å². The van der Waals surface area contributed by atoms with E-state index in [1.165, 1.54) is 51.7 Å². The molecule has 0 bridgehead atoms. The van der Waals surface area contributed by atoms with Crippen LogP contribution in [0.5, 0.6) is 0 Å². The molecule has 0 spiro atoms. The first-order chi connectivity index (χ1) is 8.27. The number of rotatable bonds is 5. The van der Waals surface area contributed by atoms with Crippen LogP contribution >= 0.6 is 0 Å². The van der Waals surface area contributed by atoms with Crippen molar-refractivity contribution in [3.63, 3.8) is 0 Å². The van der Waals surface area contributed by atoms with Crippen molar-refractivity contribution in [2.45, 2.75) is 51.1 Å². The molecule has 2 aliphatic heterocycles. The number of hydrogen-bond donors (Lipinski definition) is 1. The molecule has 1 saturated carbocycles. The fraction of sp³-hybridized carbons (Fsp3) is 1.00. The summed E-state index contributed by atoms with van der Waals surface area (Å²) in [5.74, 6) is 0. The van der Waals surface area contributed by atoms with Gasteiger partial charge in [-0.3, -0.25) is 4.90 Å². The topological polar surface area (TPSA) is 24.5 Å². The molecule has 3 fully saturated rings. The fourth-order valence-electron chi connectivity index (χ4n) is 3.28. The summed E-state index contributed by atoms with van der Waals surface area (Å²) in [6, 6.07) is 1.61. The van der Waals surface area contributed by atoms with Gasteiger partial charge in [-0.25, -0.2) is 0 Å². The van der Waals surface area contributed by atoms with Crippen LogP contribution in [-0.4, -0.2) is 49.8 Å². The lowest BCUT2D eigenvalue weighted by Crippen LogP contribution is -2.46. The molecule has 0 radical (unpaired) electrons. The Labute approximate surface area is 105 Å². The van der Waals surface area contributed by atoms with Crippen molar-refractivity contribution in [3.05, 3.63) is 0 Å². The van der Waals surface area contributed by atoms with E-state index >= 15 is 0 Å². The number of nitrogens with zero attached hydrogens (tertiary/aromatic N) is 1. The summed E-state index contributed by atoms with van der Waals surface area (Å²) in [6.07, 6.45) is 6.78. The standard InChI is InChI=1S/C14H26N2O/c1-12-3-2-7-16(12)10-14(6-8-17-11-14)9-15-13-4-5-13/h12-13,15H,2-11H2,1H3. The minimum absolute atomic E-state index is 0.404. The second-order valence-electron chi connectivity index (χ2n) is 6.42. The predicted octanol–water partition coefficient (Wildman–Crippen LogP) is 1.63. The van der Waals surface area contributed by atoms with Crippen LogP contribution in [-0.2, 0) is 4.74 Å². The van der Waals surface area contributed by atoms with Crippen molar-refractivity contribution in [1.82, 2.24) is 10.2 Å². The average molecular weight is 238 g/mol. The molecule has 3 heteroatoms. The first-order valence-corrected chi connectivity index (χ1v) is 7.33. The number of nitrogens with one attached hydrogen (secondary N) is 1. The normalized spacial score (nSPS) is 39.0. The maximum Gasteiger partial charge on any atom is 0.0547 e. The lowest BCUT2D eigenvalue weighted by atomic mass is 9.86. The third-order valence-electron chi connectivity index (χ3n) is 4.76. The highest BCUT2D eigenvalue weighted by Crippen LogP contribution is 2.33. The summed E-state index contributed by atoms with van der Waals surface area (Å²) < 4.78 is 5.69. The van der Waals surface area contributed by atoms with Gasteiger partial charge >= 0.3 is 0 Å². The minimum atomic E-state index is 0.404. The van der Waals surface area contributed by atoms with Crippen LogP contribution in [0.2, 0.25) is 0 Å². The van der Waals surface area contributed by atoms with Gasteiger partial charge in [-0.05, 0) is 45.6 Å². The van der Waals surface area contributed by atoms with Crippen molar-refractivity contribution >= 4 is 0 Å². The van der Waals surface area contributed by atoms with Gasteiger partial charge in [0, 0.05) is 37.2 Å². The molecule has 1 aliphatic carbocycles. The van der Waals surface area contributed by atoms with Gasteiger partial charge in [-0.15, -0.1) is 0 Å². The van der Waals surface area contributed by atoms with E-state index < -0.39 is 0 Å². The predicted molar refractivity (Wildman–Crippen MR) is 69.2 cm³/mol. The van der Waals surface area contributed by atoms with Crippen molar-refractivity contribution in [2.75, 3.05) is 32.8 Å². The number of hydrogen-bond acceptors (Lipinski definition) is 3. The molecule has 0 amide bonds. The molecule has 0 aromatic carbocycles. The molecule has 2 unspecified atom stereocenters.